The van der Waals surface area contributed by atoms with Gasteiger partial charge in [0.2, 0.25) is 10.0 Å². The standard InChI is InChI=1S/C14H21BrN2O2S/c1-12-5-6-13(15)11-14(12)20(18,19)16(2)9-10-17-7-3-4-8-17/h5-6,11H,3-4,7-10H2,1-2H3. The number of sulfonamides is 1. The molecular formula is C14H21BrN2O2S. The highest BCUT2D eigenvalue weighted by Gasteiger charge is 2.23. The zero-order chi connectivity index (χ0) is 14.8. The van der Waals surface area contributed by atoms with E-state index in [1.165, 1.54) is 17.1 Å². The molecule has 1 aromatic carbocycles. The van der Waals surface area contributed by atoms with Gasteiger partial charge in [-0.15, -0.1) is 0 Å². The molecule has 0 saturated carbocycles. The molecule has 0 atom stereocenters. The highest BCUT2D eigenvalue weighted by molar-refractivity contribution is 9.10. The van der Waals surface area contributed by atoms with Crippen LogP contribution in [0.5, 0.6) is 0 Å². The third kappa shape index (κ3) is 3.61. The minimum atomic E-state index is -3.41. The minimum Gasteiger partial charge on any atom is -0.302 e. The fraction of sp³-hybridized carbons (Fsp3) is 0.571. The Bertz CT molecular complexity index is 569. The van der Waals surface area contributed by atoms with Gasteiger partial charge in [0.15, 0.2) is 0 Å². The molecule has 6 heteroatoms. The van der Waals surface area contributed by atoms with E-state index in [2.05, 4.69) is 20.8 Å². The highest BCUT2D eigenvalue weighted by atomic mass is 79.9. The van der Waals surface area contributed by atoms with Gasteiger partial charge in [0.05, 0.1) is 4.90 Å². The topological polar surface area (TPSA) is 40.6 Å². The third-order valence-corrected chi connectivity index (χ3v) is 6.26. The Labute approximate surface area is 129 Å². The van der Waals surface area contributed by atoms with E-state index in [0.29, 0.717) is 11.4 Å². The Kier molecular flexibility index (Phi) is 5.23. The molecule has 1 aromatic rings. The Balaban J connectivity index is 2.10. The molecule has 0 unspecified atom stereocenters. The molecule has 0 aliphatic carbocycles. The summed E-state index contributed by atoms with van der Waals surface area (Å²) in [5, 5.41) is 0. The van der Waals surface area contributed by atoms with Gasteiger partial charge in [-0.2, -0.15) is 4.31 Å². The minimum absolute atomic E-state index is 0.385. The van der Waals surface area contributed by atoms with Crippen molar-refractivity contribution in [2.24, 2.45) is 0 Å². The van der Waals surface area contributed by atoms with Crippen LogP contribution in [-0.2, 0) is 10.0 Å². The van der Waals surface area contributed by atoms with Gasteiger partial charge >= 0.3 is 0 Å². The Morgan fingerprint density at radius 3 is 2.60 bits per heavy atom. The smallest absolute Gasteiger partial charge is 0.243 e. The van der Waals surface area contributed by atoms with Crippen molar-refractivity contribution >= 4 is 26.0 Å². The number of halogens is 1. The molecule has 1 fully saturated rings. The van der Waals surface area contributed by atoms with Crippen LogP contribution in [0.3, 0.4) is 0 Å². The van der Waals surface area contributed by atoms with E-state index in [-0.39, 0.29) is 0 Å². The van der Waals surface area contributed by atoms with Crippen LogP contribution in [0.2, 0.25) is 0 Å². The summed E-state index contributed by atoms with van der Waals surface area (Å²) >= 11 is 3.34. The first-order valence-corrected chi connectivity index (χ1v) is 9.09. The highest BCUT2D eigenvalue weighted by Crippen LogP contribution is 2.23. The molecule has 1 heterocycles. The molecule has 2 rings (SSSR count). The van der Waals surface area contributed by atoms with Crippen LogP contribution in [0.1, 0.15) is 18.4 Å². The summed E-state index contributed by atoms with van der Waals surface area (Å²) in [6.45, 7) is 5.35. The molecule has 0 bridgehead atoms. The van der Waals surface area contributed by atoms with Crippen LogP contribution in [0.4, 0.5) is 0 Å². The van der Waals surface area contributed by atoms with Crippen LogP contribution >= 0.6 is 15.9 Å². The van der Waals surface area contributed by atoms with Gasteiger partial charge in [-0.25, -0.2) is 8.42 Å². The lowest BCUT2D eigenvalue weighted by atomic mass is 10.2. The second-order valence-electron chi connectivity index (χ2n) is 5.29. The molecule has 1 aliphatic heterocycles. The van der Waals surface area contributed by atoms with E-state index < -0.39 is 10.0 Å². The largest absolute Gasteiger partial charge is 0.302 e. The molecule has 4 nitrogen and oxygen atoms in total. The molecule has 0 radical (unpaired) electrons. The van der Waals surface area contributed by atoms with E-state index in [4.69, 9.17) is 0 Å². The molecule has 0 aromatic heterocycles. The number of benzene rings is 1. The Hall–Kier alpha value is -0.430. The molecule has 0 spiro atoms. The number of hydrogen-bond donors (Lipinski definition) is 0. The maximum atomic E-state index is 12.6. The molecule has 0 amide bonds. The SMILES string of the molecule is Cc1ccc(Br)cc1S(=O)(=O)N(C)CCN1CCCC1. The van der Waals surface area contributed by atoms with Crippen LogP contribution < -0.4 is 0 Å². The van der Waals surface area contributed by atoms with E-state index in [1.54, 1.807) is 13.1 Å². The first-order valence-electron chi connectivity index (χ1n) is 6.86. The fourth-order valence-electron chi connectivity index (χ4n) is 2.43. The predicted octanol–water partition coefficient (Wildman–Crippen LogP) is 2.47. The van der Waals surface area contributed by atoms with Crippen LogP contribution in [0.15, 0.2) is 27.6 Å². The van der Waals surface area contributed by atoms with E-state index in [1.807, 2.05) is 19.1 Å². The van der Waals surface area contributed by atoms with Gasteiger partial charge in [-0.3, -0.25) is 0 Å². The van der Waals surface area contributed by atoms with Crippen molar-refractivity contribution in [3.63, 3.8) is 0 Å². The fourth-order valence-corrected chi connectivity index (χ4v) is 4.35. The van der Waals surface area contributed by atoms with E-state index >= 15 is 0 Å². The number of aryl methyl sites for hydroxylation is 1. The second-order valence-corrected chi connectivity index (χ2v) is 8.21. The zero-order valence-electron chi connectivity index (χ0n) is 12.0. The van der Waals surface area contributed by atoms with E-state index in [0.717, 1.165) is 29.7 Å². The first-order chi connectivity index (χ1) is 9.41. The van der Waals surface area contributed by atoms with Gasteiger partial charge < -0.3 is 4.90 Å². The zero-order valence-corrected chi connectivity index (χ0v) is 14.4. The van der Waals surface area contributed by atoms with Gasteiger partial charge in [0, 0.05) is 24.6 Å². The molecular weight excluding hydrogens is 340 g/mol. The second kappa shape index (κ2) is 6.56. The number of hydrogen-bond acceptors (Lipinski definition) is 3. The number of rotatable bonds is 5. The number of likely N-dealkylation sites (tertiary alicyclic amines) is 1. The lowest BCUT2D eigenvalue weighted by Gasteiger charge is -2.22. The maximum absolute atomic E-state index is 12.6. The average Bonchev–Trinajstić information content (AvgIpc) is 2.91. The van der Waals surface area contributed by atoms with Crippen LogP contribution in [0.25, 0.3) is 0 Å². The van der Waals surface area contributed by atoms with Crippen molar-refractivity contribution in [2.45, 2.75) is 24.7 Å². The van der Waals surface area contributed by atoms with Crippen molar-refractivity contribution in [3.8, 4) is 0 Å². The van der Waals surface area contributed by atoms with Gasteiger partial charge in [0.1, 0.15) is 0 Å². The lowest BCUT2D eigenvalue weighted by Crippen LogP contribution is -2.35. The molecule has 1 saturated heterocycles. The van der Waals surface area contributed by atoms with E-state index in [9.17, 15) is 8.42 Å². The van der Waals surface area contributed by atoms with Crippen molar-refractivity contribution in [1.82, 2.24) is 9.21 Å². The maximum Gasteiger partial charge on any atom is 0.243 e. The molecule has 0 N–H and O–H groups in total. The van der Waals surface area contributed by atoms with Crippen molar-refractivity contribution < 1.29 is 8.42 Å². The monoisotopic (exact) mass is 360 g/mol. The summed E-state index contributed by atoms with van der Waals surface area (Å²) in [6, 6.07) is 5.36. The summed E-state index contributed by atoms with van der Waals surface area (Å²) in [7, 11) is -1.75. The molecule has 1 aliphatic rings. The third-order valence-electron chi connectivity index (χ3n) is 3.77. The van der Waals surface area contributed by atoms with Crippen molar-refractivity contribution in [3.05, 3.63) is 28.2 Å². The summed E-state index contributed by atoms with van der Waals surface area (Å²) in [5.74, 6) is 0. The Morgan fingerprint density at radius 2 is 1.95 bits per heavy atom. The molecule has 20 heavy (non-hydrogen) atoms. The van der Waals surface area contributed by atoms with Gasteiger partial charge in [-0.1, -0.05) is 22.0 Å². The van der Waals surface area contributed by atoms with Crippen molar-refractivity contribution in [2.75, 3.05) is 33.2 Å². The number of nitrogens with zero attached hydrogens (tertiary/aromatic N) is 2. The summed E-state index contributed by atoms with van der Waals surface area (Å²) < 4.78 is 27.4. The summed E-state index contributed by atoms with van der Waals surface area (Å²) in [4.78, 5) is 2.70. The average molecular weight is 361 g/mol. The number of likely N-dealkylation sites (N-methyl/N-ethyl adjacent to an activating group) is 1. The quantitative estimate of drug-likeness (QED) is 0.809. The predicted molar refractivity (Wildman–Crippen MR) is 84.4 cm³/mol. The summed E-state index contributed by atoms with van der Waals surface area (Å²) in [5.41, 5.74) is 0.779. The van der Waals surface area contributed by atoms with Crippen molar-refractivity contribution in [1.29, 1.82) is 0 Å². The first kappa shape index (κ1) is 15.9. The van der Waals surface area contributed by atoms with Gasteiger partial charge in [-0.05, 0) is 50.6 Å². The van der Waals surface area contributed by atoms with Crippen LogP contribution in [0, 0.1) is 6.92 Å². The van der Waals surface area contributed by atoms with Gasteiger partial charge in [0.25, 0.3) is 0 Å². The normalized spacial score (nSPS) is 17.0. The lowest BCUT2D eigenvalue weighted by molar-refractivity contribution is 0.310. The van der Waals surface area contributed by atoms with Crippen LogP contribution in [-0.4, -0.2) is 50.8 Å². The molecule has 112 valence electrons. The Morgan fingerprint density at radius 1 is 1.30 bits per heavy atom. The summed E-state index contributed by atoms with van der Waals surface area (Å²) in [6.07, 6.45) is 2.45.